The Morgan fingerprint density at radius 2 is 1.85 bits per heavy atom. The summed E-state index contributed by atoms with van der Waals surface area (Å²) in [5, 5.41) is 9.36. The van der Waals surface area contributed by atoms with Crippen LogP contribution in [0.3, 0.4) is 0 Å². The van der Waals surface area contributed by atoms with E-state index in [9.17, 15) is 9.50 Å². The second-order valence-electron chi connectivity index (χ2n) is 2.59. The van der Waals surface area contributed by atoms with Gasteiger partial charge in [0.05, 0.1) is 15.0 Å². The fourth-order valence-electron chi connectivity index (χ4n) is 0.888. The highest BCUT2D eigenvalue weighted by Gasteiger charge is 2.10. The summed E-state index contributed by atoms with van der Waals surface area (Å²) in [5.74, 6) is 0.0924. The lowest BCUT2D eigenvalue weighted by Gasteiger charge is -2.09. The van der Waals surface area contributed by atoms with E-state index in [1.165, 1.54) is 0 Å². The summed E-state index contributed by atoms with van der Waals surface area (Å²) in [4.78, 5) is 0. The Bertz CT molecular complexity index is 296. The third kappa shape index (κ3) is 2.42. The topological polar surface area (TPSA) is 46.2 Å². The predicted molar refractivity (Wildman–Crippen MR) is 56.4 cm³/mol. The van der Waals surface area contributed by atoms with Crippen molar-refractivity contribution in [1.82, 2.24) is 0 Å². The van der Waals surface area contributed by atoms with E-state index in [0.717, 1.165) is 0 Å². The number of phenolic OH excluding ortho intramolecular Hbond substituents is 1. The van der Waals surface area contributed by atoms with Crippen LogP contribution in [0.4, 0.5) is 4.39 Å². The molecule has 3 N–H and O–H groups in total. The van der Waals surface area contributed by atoms with Gasteiger partial charge in [-0.15, -0.1) is 0 Å². The Labute approximate surface area is 92.2 Å². The molecule has 5 heteroatoms. The Morgan fingerprint density at radius 3 is 2.23 bits per heavy atom. The van der Waals surface area contributed by atoms with Crippen molar-refractivity contribution in [2.24, 2.45) is 5.73 Å². The molecule has 0 saturated heterocycles. The quantitative estimate of drug-likeness (QED) is 0.882. The van der Waals surface area contributed by atoms with Crippen molar-refractivity contribution in [3.8, 4) is 5.75 Å². The third-order valence-corrected chi connectivity index (χ3v) is 2.84. The largest absolute Gasteiger partial charge is 0.506 e. The maximum absolute atomic E-state index is 12.2. The lowest BCUT2D eigenvalue weighted by Crippen LogP contribution is -2.12. The molecule has 0 aliphatic heterocycles. The maximum atomic E-state index is 12.2. The highest BCUT2D eigenvalue weighted by atomic mass is 79.9. The molecule has 1 atom stereocenters. The molecule has 0 amide bonds. The number of nitrogens with two attached hydrogens (primary N) is 1. The van der Waals surface area contributed by atoms with Crippen LogP contribution in [0.2, 0.25) is 0 Å². The summed E-state index contributed by atoms with van der Waals surface area (Å²) in [5.41, 5.74) is 6.12. The normalized spacial score (nSPS) is 12.9. The number of aromatic hydroxyl groups is 1. The van der Waals surface area contributed by atoms with Crippen LogP contribution in [0.25, 0.3) is 0 Å². The van der Waals surface area contributed by atoms with E-state index in [1.54, 1.807) is 12.1 Å². The van der Waals surface area contributed by atoms with Gasteiger partial charge in [-0.25, -0.2) is 4.39 Å². The zero-order valence-corrected chi connectivity index (χ0v) is 9.77. The first-order valence-corrected chi connectivity index (χ1v) is 5.14. The average molecular weight is 313 g/mol. The monoisotopic (exact) mass is 311 g/mol. The summed E-state index contributed by atoms with van der Waals surface area (Å²) < 4.78 is 13.2. The van der Waals surface area contributed by atoms with E-state index < -0.39 is 12.7 Å². The van der Waals surface area contributed by atoms with E-state index in [0.29, 0.717) is 14.5 Å². The van der Waals surface area contributed by atoms with Crippen molar-refractivity contribution in [3.63, 3.8) is 0 Å². The molecular formula is C8H8Br2FNO. The number of rotatable bonds is 2. The molecule has 0 aliphatic rings. The number of hydrogen-bond acceptors (Lipinski definition) is 2. The van der Waals surface area contributed by atoms with E-state index in [1.807, 2.05) is 0 Å². The molecule has 1 aromatic carbocycles. The number of hydrogen-bond donors (Lipinski definition) is 2. The first-order chi connectivity index (χ1) is 6.06. The molecule has 0 saturated carbocycles. The molecular weight excluding hydrogens is 305 g/mol. The van der Waals surface area contributed by atoms with E-state index in [4.69, 9.17) is 5.73 Å². The van der Waals surface area contributed by atoms with Gasteiger partial charge in [0.2, 0.25) is 0 Å². The Hall–Kier alpha value is -0.130. The van der Waals surface area contributed by atoms with Crippen LogP contribution >= 0.6 is 31.9 Å². The smallest absolute Gasteiger partial charge is 0.143 e. The molecule has 0 heterocycles. The van der Waals surface area contributed by atoms with Crippen molar-refractivity contribution in [3.05, 3.63) is 26.6 Å². The van der Waals surface area contributed by atoms with Crippen LogP contribution < -0.4 is 5.73 Å². The lowest BCUT2D eigenvalue weighted by atomic mass is 10.1. The van der Waals surface area contributed by atoms with Gasteiger partial charge in [-0.05, 0) is 49.6 Å². The fourth-order valence-corrected chi connectivity index (χ4v) is 2.11. The highest BCUT2D eigenvalue weighted by molar-refractivity contribution is 9.11. The Kier molecular flexibility index (Phi) is 3.70. The van der Waals surface area contributed by atoms with Crippen LogP contribution in [0, 0.1) is 0 Å². The SMILES string of the molecule is N[C@H](CF)c1cc(Br)c(O)c(Br)c1. The van der Waals surface area contributed by atoms with Gasteiger partial charge in [-0.3, -0.25) is 0 Å². The van der Waals surface area contributed by atoms with Gasteiger partial charge in [0, 0.05) is 0 Å². The minimum absolute atomic E-state index is 0.0924. The second-order valence-corrected chi connectivity index (χ2v) is 4.30. The lowest BCUT2D eigenvalue weighted by molar-refractivity contribution is 0.435. The number of phenols is 1. The minimum atomic E-state index is -0.645. The van der Waals surface area contributed by atoms with Crippen LogP contribution in [0.5, 0.6) is 5.75 Å². The third-order valence-electron chi connectivity index (χ3n) is 1.63. The maximum Gasteiger partial charge on any atom is 0.143 e. The van der Waals surface area contributed by atoms with Crippen molar-refractivity contribution >= 4 is 31.9 Å². The first kappa shape index (κ1) is 10.9. The second kappa shape index (κ2) is 4.39. The number of alkyl halides is 1. The fraction of sp³-hybridized carbons (Fsp3) is 0.250. The van der Waals surface area contributed by atoms with Crippen molar-refractivity contribution in [2.45, 2.75) is 6.04 Å². The molecule has 0 aliphatic carbocycles. The molecule has 1 aromatic rings. The highest BCUT2D eigenvalue weighted by Crippen LogP contribution is 2.34. The number of benzene rings is 1. The molecule has 72 valence electrons. The zero-order valence-electron chi connectivity index (χ0n) is 6.60. The molecule has 2 nitrogen and oxygen atoms in total. The van der Waals surface area contributed by atoms with Gasteiger partial charge in [-0.1, -0.05) is 0 Å². The Morgan fingerprint density at radius 1 is 1.38 bits per heavy atom. The van der Waals surface area contributed by atoms with Gasteiger partial charge in [0.15, 0.2) is 0 Å². The number of halogens is 3. The summed E-state index contributed by atoms with van der Waals surface area (Å²) in [6, 6.07) is 2.56. The van der Waals surface area contributed by atoms with Crippen molar-refractivity contribution < 1.29 is 9.50 Å². The van der Waals surface area contributed by atoms with Gasteiger partial charge in [0.25, 0.3) is 0 Å². The zero-order chi connectivity index (χ0) is 10.0. The van der Waals surface area contributed by atoms with Gasteiger partial charge < -0.3 is 10.8 Å². The van der Waals surface area contributed by atoms with E-state index in [-0.39, 0.29) is 5.75 Å². The Balaban J connectivity index is 3.13. The van der Waals surface area contributed by atoms with Crippen molar-refractivity contribution in [1.29, 1.82) is 0 Å². The summed E-state index contributed by atoms with van der Waals surface area (Å²) in [6.45, 7) is -0.621. The van der Waals surface area contributed by atoms with Crippen LogP contribution in [0.15, 0.2) is 21.1 Å². The predicted octanol–water partition coefficient (Wildman–Crippen LogP) is 2.89. The van der Waals surface area contributed by atoms with E-state index in [2.05, 4.69) is 31.9 Å². The molecule has 0 fully saturated rings. The first-order valence-electron chi connectivity index (χ1n) is 3.55. The molecule has 0 bridgehead atoms. The van der Waals surface area contributed by atoms with Crippen LogP contribution in [0.1, 0.15) is 11.6 Å². The van der Waals surface area contributed by atoms with E-state index >= 15 is 0 Å². The molecule has 0 spiro atoms. The van der Waals surface area contributed by atoms with Crippen molar-refractivity contribution in [2.75, 3.05) is 6.67 Å². The molecule has 13 heavy (non-hydrogen) atoms. The standard InChI is InChI=1S/C8H8Br2FNO/c9-5-1-4(7(12)3-11)2-6(10)8(5)13/h1-2,7,13H,3,12H2/t7-/m1/s1. The summed E-state index contributed by atoms with van der Waals surface area (Å²) >= 11 is 6.27. The molecule has 0 radical (unpaired) electrons. The van der Waals surface area contributed by atoms with Gasteiger partial charge in [0.1, 0.15) is 12.4 Å². The molecule has 0 aromatic heterocycles. The van der Waals surface area contributed by atoms with Gasteiger partial charge >= 0.3 is 0 Å². The average Bonchev–Trinajstić information content (AvgIpc) is 2.12. The molecule has 1 rings (SSSR count). The summed E-state index contributed by atoms with van der Waals surface area (Å²) in [7, 11) is 0. The van der Waals surface area contributed by atoms with Gasteiger partial charge in [-0.2, -0.15) is 0 Å². The van der Waals surface area contributed by atoms with Crippen LogP contribution in [-0.2, 0) is 0 Å². The van der Waals surface area contributed by atoms with Crippen LogP contribution in [-0.4, -0.2) is 11.8 Å². The minimum Gasteiger partial charge on any atom is -0.506 e. The molecule has 0 unspecified atom stereocenters. The summed E-state index contributed by atoms with van der Waals surface area (Å²) in [6.07, 6.45) is 0.